The molecule has 5 aliphatic rings. The predicted molar refractivity (Wildman–Crippen MR) is 35.6 cm³/mol. The van der Waals surface area contributed by atoms with Crippen LogP contribution in [-0.4, -0.2) is 11.6 Å². The van der Waals surface area contributed by atoms with Crippen molar-refractivity contribution < 1.29 is 9.59 Å². The van der Waals surface area contributed by atoms with Gasteiger partial charge < -0.3 is 0 Å². The summed E-state index contributed by atoms with van der Waals surface area (Å²) >= 11 is 0. The summed E-state index contributed by atoms with van der Waals surface area (Å²) in [5.41, 5.74) is 0. The number of carbonyl (C=O) groups excluding carboxylic acids is 2. The molecular formula is C9H8O2. The van der Waals surface area contributed by atoms with Gasteiger partial charge in [-0.3, -0.25) is 9.59 Å². The van der Waals surface area contributed by atoms with Crippen LogP contribution in [-0.2, 0) is 9.59 Å². The molecule has 0 amide bonds. The van der Waals surface area contributed by atoms with Gasteiger partial charge in [-0.25, -0.2) is 0 Å². The zero-order chi connectivity index (χ0) is 7.33. The minimum Gasteiger partial charge on any atom is -0.299 e. The van der Waals surface area contributed by atoms with E-state index in [9.17, 15) is 9.59 Å². The number of Topliss-reactive ketones (excluding diaryl/α,β-unsaturated/α-hetero) is 2. The molecule has 0 aliphatic heterocycles. The van der Waals surface area contributed by atoms with Crippen molar-refractivity contribution in [1.29, 1.82) is 0 Å². The predicted octanol–water partition coefficient (Wildman–Crippen LogP) is 0.266. The second-order valence-corrected chi connectivity index (χ2v) is 4.47. The van der Waals surface area contributed by atoms with Gasteiger partial charge in [-0.05, 0) is 18.3 Å². The van der Waals surface area contributed by atoms with Gasteiger partial charge in [0.25, 0.3) is 0 Å². The molecule has 0 aromatic carbocycles. The Morgan fingerprint density at radius 3 is 1.55 bits per heavy atom. The van der Waals surface area contributed by atoms with Crippen molar-refractivity contribution in [3.63, 3.8) is 0 Å². The van der Waals surface area contributed by atoms with Crippen LogP contribution in [0.15, 0.2) is 0 Å². The molecule has 0 aromatic rings. The van der Waals surface area contributed by atoms with Crippen LogP contribution in [0.1, 0.15) is 6.42 Å². The van der Waals surface area contributed by atoms with Gasteiger partial charge in [-0.1, -0.05) is 0 Å². The highest BCUT2D eigenvalue weighted by atomic mass is 16.1. The van der Waals surface area contributed by atoms with E-state index in [2.05, 4.69) is 0 Å². The van der Waals surface area contributed by atoms with Crippen molar-refractivity contribution in [3.8, 4) is 0 Å². The summed E-state index contributed by atoms with van der Waals surface area (Å²) in [6.07, 6.45) is 1.20. The molecule has 0 saturated heterocycles. The fourth-order valence-electron chi connectivity index (χ4n) is 3.64. The first kappa shape index (κ1) is 5.07. The average molecular weight is 148 g/mol. The Morgan fingerprint density at radius 2 is 1.18 bits per heavy atom. The first-order chi connectivity index (χ1) is 5.30. The fraction of sp³-hybridized carbons (Fsp3) is 0.778. The molecule has 11 heavy (non-hydrogen) atoms. The number of carbonyl (C=O) groups is 2. The van der Waals surface area contributed by atoms with Gasteiger partial charge in [0.15, 0.2) is 0 Å². The Morgan fingerprint density at radius 1 is 0.818 bits per heavy atom. The summed E-state index contributed by atoms with van der Waals surface area (Å²) < 4.78 is 0. The smallest absolute Gasteiger partial charge is 0.141 e. The molecule has 0 spiro atoms. The first-order valence-corrected chi connectivity index (χ1v) is 4.38. The van der Waals surface area contributed by atoms with E-state index < -0.39 is 0 Å². The SMILES string of the molecule is O=C1C2C3CC4C1C4C(=O)C32. The topological polar surface area (TPSA) is 34.1 Å². The summed E-state index contributed by atoms with van der Waals surface area (Å²) in [4.78, 5) is 22.9. The molecule has 0 aromatic heterocycles. The van der Waals surface area contributed by atoms with Gasteiger partial charge in [0, 0.05) is 23.7 Å². The second-order valence-electron chi connectivity index (χ2n) is 4.47. The maximum absolute atomic E-state index is 11.4. The standard InChI is InChI=1S/C9H8O2/c10-8-4-2-1-3-6(8)7(3)9(11)5(2)4/h2-7H,1H2. The van der Waals surface area contributed by atoms with Crippen LogP contribution in [0, 0.1) is 35.5 Å². The van der Waals surface area contributed by atoms with Crippen LogP contribution in [0.4, 0.5) is 0 Å². The van der Waals surface area contributed by atoms with Gasteiger partial charge in [0.2, 0.25) is 0 Å². The fourth-order valence-corrected chi connectivity index (χ4v) is 3.64. The lowest BCUT2D eigenvalue weighted by Gasteiger charge is -2.03. The molecule has 4 unspecified atom stereocenters. The van der Waals surface area contributed by atoms with Crippen molar-refractivity contribution in [2.45, 2.75) is 6.42 Å². The lowest BCUT2D eigenvalue weighted by Crippen LogP contribution is -2.19. The third-order valence-corrected chi connectivity index (χ3v) is 4.20. The van der Waals surface area contributed by atoms with Crippen LogP contribution in [0.5, 0.6) is 0 Å². The number of hydrogen-bond donors (Lipinski definition) is 0. The van der Waals surface area contributed by atoms with Crippen molar-refractivity contribution in [2.75, 3.05) is 0 Å². The lowest BCUT2D eigenvalue weighted by molar-refractivity contribution is -0.130. The molecule has 5 rings (SSSR count). The number of ketones is 2. The lowest BCUT2D eigenvalue weighted by atomic mass is 9.98. The molecule has 0 N–H and O–H groups in total. The second kappa shape index (κ2) is 1.10. The zero-order valence-corrected chi connectivity index (χ0v) is 5.99. The van der Waals surface area contributed by atoms with E-state index >= 15 is 0 Å². The largest absolute Gasteiger partial charge is 0.299 e. The van der Waals surface area contributed by atoms with Gasteiger partial charge in [0.1, 0.15) is 11.6 Å². The number of rotatable bonds is 0. The summed E-state index contributed by atoms with van der Waals surface area (Å²) in [5, 5.41) is 0. The highest BCUT2D eigenvalue weighted by molar-refractivity contribution is 6.09. The van der Waals surface area contributed by atoms with E-state index in [1.807, 2.05) is 0 Å². The Labute approximate surface area is 64.0 Å². The van der Waals surface area contributed by atoms with Crippen LogP contribution in [0.2, 0.25) is 0 Å². The van der Waals surface area contributed by atoms with Crippen molar-refractivity contribution in [1.82, 2.24) is 0 Å². The molecule has 5 fully saturated rings. The molecule has 56 valence electrons. The van der Waals surface area contributed by atoms with Gasteiger partial charge in [0.05, 0.1) is 0 Å². The number of hydrogen-bond acceptors (Lipinski definition) is 2. The zero-order valence-electron chi connectivity index (χ0n) is 5.99. The highest BCUT2D eigenvalue weighted by Gasteiger charge is 2.79. The van der Waals surface area contributed by atoms with Crippen LogP contribution in [0.3, 0.4) is 0 Å². The maximum Gasteiger partial charge on any atom is 0.141 e. The molecule has 6 bridgehead atoms. The Hall–Kier alpha value is -0.660. The molecule has 5 saturated carbocycles. The normalized spacial score (nSPS) is 68.0. The minimum absolute atomic E-state index is 0.211. The maximum atomic E-state index is 11.4. The van der Waals surface area contributed by atoms with Gasteiger partial charge in [-0.2, -0.15) is 0 Å². The van der Waals surface area contributed by atoms with Gasteiger partial charge in [-0.15, -0.1) is 0 Å². The molecule has 0 radical (unpaired) electrons. The molecule has 2 nitrogen and oxygen atoms in total. The van der Waals surface area contributed by atoms with E-state index in [1.54, 1.807) is 0 Å². The summed E-state index contributed by atoms with van der Waals surface area (Å²) in [6, 6.07) is 0. The Kier molecular flexibility index (Phi) is 0.505. The Balaban J connectivity index is 1.96. The van der Waals surface area contributed by atoms with Crippen LogP contribution >= 0.6 is 0 Å². The molecule has 0 heterocycles. The average Bonchev–Trinajstić information content (AvgIpc) is 2.75. The van der Waals surface area contributed by atoms with Crippen LogP contribution in [0.25, 0.3) is 0 Å². The minimum atomic E-state index is 0.211. The summed E-state index contributed by atoms with van der Waals surface area (Å²) in [7, 11) is 0. The van der Waals surface area contributed by atoms with E-state index in [-0.39, 0.29) is 23.7 Å². The highest BCUT2D eigenvalue weighted by Crippen LogP contribution is 2.73. The van der Waals surface area contributed by atoms with E-state index in [0.29, 0.717) is 23.4 Å². The summed E-state index contributed by atoms with van der Waals surface area (Å²) in [5.74, 6) is 2.75. The van der Waals surface area contributed by atoms with E-state index in [4.69, 9.17) is 0 Å². The summed E-state index contributed by atoms with van der Waals surface area (Å²) in [6.45, 7) is 0. The third kappa shape index (κ3) is 0.325. The monoisotopic (exact) mass is 148 g/mol. The molecular weight excluding hydrogens is 140 g/mol. The quantitative estimate of drug-likeness (QED) is 0.494. The van der Waals surface area contributed by atoms with Crippen molar-refractivity contribution >= 4 is 11.6 Å². The molecule has 2 heteroatoms. The van der Waals surface area contributed by atoms with E-state index in [1.165, 1.54) is 6.42 Å². The third-order valence-electron chi connectivity index (χ3n) is 4.20. The molecule has 4 atom stereocenters. The van der Waals surface area contributed by atoms with Crippen LogP contribution < -0.4 is 0 Å². The van der Waals surface area contributed by atoms with Gasteiger partial charge >= 0.3 is 0 Å². The Bertz CT molecular complexity index is 253. The molecule has 5 aliphatic carbocycles. The van der Waals surface area contributed by atoms with Crippen molar-refractivity contribution in [3.05, 3.63) is 0 Å². The van der Waals surface area contributed by atoms with Crippen molar-refractivity contribution in [2.24, 2.45) is 35.5 Å². The van der Waals surface area contributed by atoms with E-state index in [0.717, 1.165) is 0 Å². The first-order valence-electron chi connectivity index (χ1n) is 4.38.